The van der Waals surface area contributed by atoms with Crippen molar-refractivity contribution < 1.29 is 19.5 Å². The molecule has 1 atom stereocenters. The minimum absolute atomic E-state index is 0.134. The SMILES string of the molecule is CON=C1CN(C(=O)c2ccc(-c3ccccc3C)cc2)[C@](C)(C(=O)O)C1. The Morgan fingerprint density at radius 2 is 1.81 bits per heavy atom. The highest BCUT2D eigenvalue weighted by atomic mass is 16.6. The van der Waals surface area contributed by atoms with E-state index in [2.05, 4.69) is 5.16 Å². The molecule has 1 aliphatic rings. The first-order valence-electron chi connectivity index (χ1n) is 8.67. The number of carboxylic acids is 1. The van der Waals surface area contributed by atoms with Crippen LogP contribution >= 0.6 is 0 Å². The maximum atomic E-state index is 13.0. The number of hydrogen-bond acceptors (Lipinski definition) is 4. The van der Waals surface area contributed by atoms with Crippen LogP contribution in [0.15, 0.2) is 53.7 Å². The number of likely N-dealkylation sites (tertiary alicyclic amines) is 1. The summed E-state index contributed by atoms with van der Waals surface area (Å²) in [5, 5.41) is 13.5. The Kier molecular flexibility index (Phi) is 4.99. The molecule has 1 amide bonds. The first kappa shape index (κ1) is 18.6. The zero-order valence-electron chi connectivity index (χ0n) is 15.6. The lowest BCUT2D eigenvalue weighted by Crippen LogP contribution is -2.50. The van der Waals surface area contributed by atoms with Gasteiger partial charge in [-0.1, -0.05) is 41.6 Å². The number of benzene rings is 2. The van der Waals surface area contributed by atoms with E-state index >= 15 is 0 Å². The van der Waals surface area contributed by atoms with E-state index in [1.54, 1.807) is 12.1 Å². The minimum atomic E-state index is -1.34. The van der Waals surface area contributed by atoms with Crippen LogP contribution in [-0.4, -0.2) is 46.8 Å². The average Bonchev–Trinajstić information content (AvgIpc) is 3.00. The molecule has 6 nitrogen and oxygen atoms in total. The summed E-state index contributed by atoms with van der Waals surface area (Å²) in [5.74, 6) is -1.40. The number of carbonyl (C=O) groups excluding carboxylic acids is 1. The van der Waals surface area contributed by atoms with Gasteiger partial charge in [0, 0.05) is 12.0 Å². The number of oxime groups is 1. The number of nitrogens with zero attached hydrogens (tertiary/aromatic N) is 2. The number of carbonyl (C=O) groups is 2. The number of rotatable bonds is 4. The van der Waals surface area contributed by atoms with E-state index in [1.165, 1.54) is 18.9 Å². The third-order valence-corrected chi connectivity index (χ3v) is 5.00. The highest BCUT2D eigenvalue weighted by Gasteiger charge is 2.49. The van der Waals surface area contributed by atoms with Crippen molar-refractivity contribution in [3.63, 3.8) is 0 Å². The van der Waals surface area contributed by atoms with Gasteiger partial charge in [0.15, 0.2) is 0 Å². The van der Waals surface area contributed by atoms with Crippen LogP contribution in [0.3, 0.4) is 0 Å². The van der Waals surface area contributed by atoms with Gasteiger partial charge in [-0.25, -0.2) is 4.79 Å². The average molecular weight is 366 g/mol. The third-order valence-electron chi connectivity index (χ3n) is 5.00. The summed E-state index contributed by atoms with van der Waals surface area (Å²) in [5.41, 5.74) is 2.89. The van der Waals surface area contributed by atoms with Crippen LogP contribution in [0.25, 0.3) is 11.1 Å². The Labute approximate surface area is 158 Å². The number of aliphatic carboxylic acids is 1. The third kappa shape index (κ3) is 3.43. The molecule has 2 aromatic rings. The summed E-state index contributed by atoms with van der Waals surface area (Å²) < 4.78 is 0. The van der Waals surface area contributed by atoms with Crippen molar-refractivity contribution in [1.29, 1.82) is 0 Å². The normalized spacial score (nSPS) is 20.7. The molecule has 0 radical (unpaired) electrons. The van der Waals surface area contributed by atoms with E-state index in [0.717, 1.165) is 16.7 Å². The predicted octanol–water partition coefficient (Wildman–Crippen LogP) is 3.35. The molecule has 27 heavy (non-hydrogen) atoms. The Balaban J connectivity index is 1.90. The van der Waals surface area contributed by atoms with Gasteiger partial charge in [0.25, 0.3) is 5.91 Å². The fourth-order valence-corrected chi connectivity index (χ4v) is 3.43. The van der Waals surface area contributed by atoms with Crippen LogP contribution in [0.1, 0.15) is 29.3 Å². The highest BCUT2D eigenvalue weighted by Crippen LogP contribution is 2.30. The molecule has 1 heterocycles. The molecule has 0 aliphatic carbocycles. The number of hydrogen-bond donors (Lipinski definition) is 1. The van der Waals surface area contributed by atoms with Crippen molar-refractivity contribution >= 4 is 17.6 Å². The molecule has 140 valence electrons. The molecule has 6 heteroatoms. The van der Waals surface area contributed by atoms with Gasteiger partial charge in [0.2, 0.25) is 0 Å². The molecule has 0 saturated carbocycles. The molecule has 1 saturated heterocycles. The minimum Gasteiger partial charge on any atom is -0.479 e. The Morgan fingerprint density at radius 1 is 1.15 bits per heavy atom. The summed E-state index contributed by atoms with van der Waals surface area (Å²) in [6.07, 6.45) is 0.142. The number of amides is 1. The topological polar surface area (TPSA) is 79.2 Å². The molecular formula is C21H22N2O4. The zero-order chi connectivity index (χ0) is 19.6. The van der Waals surface area contributed by atoms with Crippen LogP contribution in [0, 0.1) is 6.92 Å². The van der Waals surface area contributed by atoms with Gasteiger partial charge in [-0.3, -0.25) is 4.79 Å². The molecule has 1 aliphatic heterocycles. The van der Waals surface area contributed by atoms with Crippen LogP contribution in [0.4, 0.5) is 0 Å². The fraction of sp³-hybridized carbons (Fsp3) is 0.286. The van der Waals surface area contributed by atoms with Crippen molar-refractivity contribution in [2.45, 2.75) is 25.8 Å². The quantitative estimate of drug-likeness (QED) is 0.842. The first-order chi connectivity index (χ1) is 12.9. The Morgan fingerprint density at radius 3 is 2.41 bits per heavy atom. The lowest BCUT2D eigenvalue weighted by atomic mass is 9.97. The second-order valence-corrected chi connectivity index (χ2v) is 6.88. The standard InChI is InChI=1S/C21H22N2O4/c1-14-6-4-5-7-18(14)15-8-10-16(11-9-15)19(24)23-13-17(22-27-3)12-21(23,2)20(25)26/h4-11H,12-13H2,1-3H3,(H,25,26)/t21-/m0/s1. The van der Waals surface area contributed by atoms with Crippen LogP contribution in [0.5, 0.6) is 0 Å². The Bertz CT molecular complexity index is 905. The molecule has 0 unspecified atom stereocenters. The lowest BCUT2D eigenvalue weighted by molar-refractivity contribution is -0.147. The van der Waals surface area contributed by atoms with Gasteiger partial charge < -0.3 is 14.8 Å². The maximum absolute atomic E-state index is 13.0. The van der Waals surface area contributed by atoms with Gasteiger partial charge in [0.05, 0.1) is 12.3 Å². The van der Waals surface area contributed by atoms with Crippen molar-refractivity contribution in [2.24, 2.45) is 5.16 Å². The molecule has 0 aromatic heterocycles. The van der Waals surface area contributed by atoms with Crippen molar-refractivity contribution in [3.05, 3.63) is 59.7 Å². The number of carboxylic acid groups (broad SMARTS) is 1. The summed E-state index contributed by atoms with van der Waals surface area (Å²) in [6, 6.07) is 15.3. The summed E-state index contributed by atoms with van der Waals surface area (Å²) in [7, 11) is 1.40. The van der Waals surface area contributed by atoms with Crippen molar-refractivity contribution in [3.8, 4) is 11.1 Å². The fourth-order valence-electron chi connectivity index (χ4n) is 3.43. The highest BCUT2D eigenvalue weighted by molar-refractivity contribution is 6.06. The summed E-state index contributed by atoms with van der Waals surface area (Å²) >= 11 is 0. The smallest absolute Gasteiger partial charge is 0.329 e. The van der Waals surface area contributed by atoms with E-state index in [0.29, 0.717) is 11.3 Å². The largest absolute Gasteiger partial charge is 0.479 e. The zero-order valence-corrected chi connectivity index (χ0v) is 15.6. The maximum Gasteiger partial charge on any atom is 0.329 e. The van der Waals surface area contributed by atoms with Crippen LogP contribution in [0.2, 0.25) is 0 Å². The second kappa shape index (κ2) is 7.23. The monoisotopic (exact) mass is 366 g/mol. The molecule has 1 fully saturated rings. The second-order valence-electron chi connectivity index (χ2n) is 6.88. The van der Waals surface area contributed by atoms with Gasteiger partial charge in [-0.15, -0.1) is 0 Å². The van der Waals surface area contributed by atoms with Crippen LogP contribution < -0.4 is 0 Å². The van der Waals surface area contributed by atoms with Crippen LogP contribution in [-0.2, 0) is 9.63 Å². The predicted molar refractivity (Wildman–Crippen MR) is 103 cm³/mol. The van der Waals surface area contributed by atoms with E-state index in [9.17, 15) is 14.7 Å². The van der Waals surface area contributed by atoms with E-state index in [4.69, 9.17) is 4.84 Å². The first-order valence-corrected chi connectivity index (χ1v) is 8.67. The number of aryl methyl sites for hydroxylation is 1. The molecule has 3 rings (SSSR count). The molecule has 2 aromatic carbocycles. The lowest BCUT2D eigenvalue weighted by Gasteiger charge is -2.30. The van der Waals surface area contributed by atoms with Crippen molar-refractivity contribution in [2.75, 3.05) is 13.7 Å². The molecular weight excluding hydrogens is 344 g/mol. The van der Waals surface area contributed by atoms with Gasteiger partial charge in [0.1, 0.15) is 12.6 Å². The van der Waals surface area contributed by atoms with Gasteiger partial charge >= 0.3 is 5.97 Å². The van der Waals surface area contributed by atoms with E-state index in [-0.39, 0.29) is 18.9 Å². The Hall–Kier alpha value is -3.15. The summed E-state index contributed by atoms with van der Waals surface area (Å²) in [4.78, 5) is 30.9. The molecule has 1 N–H and O–H groups in total. The van der Waals surface area contributed by atoms with E-state index in [1.807, 2.05) is 43.3 Å². The van der Waals surface area contributed by atoms with E-state index < -0.39 is 11.5 Å². The molecule has 0 spiro atoms. The summed E-state index contributed by atoms with van der Waals surface area (Å²) in [6.45, 7) is 3.70. The van der Waals surface area contributed by atoms with Gasteiger partial charge in [-0.05, 0) is 42.7 Å². The van der Waals surface area contributed by atoms with Crippen molar-refractivity contribution in [1.82, 2.24) is 4.90 Å². The van der Waals surface area contributed by atoms with Gasteiger partial charge in [-0.2, -0.15) is 0 Å². The molecule has 0 bridgehead atoms.